The molecule has 3 rings (SSSR count). The average Bonchev–Trinajstić information content (AvgIpc) is 3.38. The predicted molar refractivity (Wildman–Crippen MR) is 154 cm³/mol. The quantitative estimate of drug-likeness (QED) is 0.405. The zero-order valence-corrected chi connectivity index (χ0v) is 25.1. The molecule has 2 aromatic rings. The molecule has 0 spiro atoms. The van der Waals surface area contributed by atoms with Crippen molar-refractivity contribution in [1.82, 2.24) is 14.1 Å². The van der Waals surface area contributed by atoms with Crippen LogP contribution in [-0.2, 0) is 26.1 Å². The first-order chi connectivity index (χ1) is 18.7. The van der Waals surface area contributed by atoms with Crippen molar-refractivity contribution < 1.29 is 27.5 Å². The maximum Gasteiger partial charge on any atom is 0.416 e. The standard InChI is InChI=1S/C28H35ClN4O6S/c1-28(2,3)39-27(35)33-17-15-30-26(33)21-11-9-20(10-12-21)19-31(4)25(34)8-7-16-32(5)40(36,37)24-14-13-22(38-6)18-23(24)29/h7-14,18H,15-17,19H2,1-6H3. The van der Waals surface area contributed by atoms with Gasteiger partial charge in [0.25, 0.3) is 0 Å². The summed E-state index contributed by atoms with van der Waals surface area (Å²) < 4.78 is 37.4. The summed E-state index contributed by atoms with van der Waals surface area (Å²) in [6.45, 7) is 6.73. The van der Waals surface area contributed by atoms with E-state index in [1.54, 1.807) is 7.05 Å². The lowest BCUT2D eigenvalue weighted by Crippen LogP contribution is -2.39. The first kappa shape index (κ1) is 31.1. The minimum absolute atomic E-state index is 0.0186. The number of hydrogen-bond donors (Lipinski definition) is 0. The van der Waals surface area contributed by atoms with Crippen LogP contribution in [0.2, 0.25) is 5.02 Å². The van der Waals surface area contributed by atoms with Gasteiger partial charge >= 0.3 is 6.09 Å². The lowest BCUT2D eigenvalue weighted by Gasteiger charge is -2.25. The minimum Gasteiger partial charge on any atom is -0.497 e. The van der Waals surface area contributed by atoms with Gasteiger partial charge in [0.2, 0.25) is 15.9 Å². The largest absolute Gasteiger partial charge is 0.497 e. The summed E-state index contributed by atoms with van der Waals surface area (Å²) in [4.78, 5) is 32.7. The number of likely N-dealkylation sites (N-methyl/N-ethyl adjacent to an activating group) is 2. The zero-order valence-electron chi connectivity index (χ0n) is 23.5. The molecule has 12 heteroatoms. The van der Waals surface area contributed by atoms with E-state index in [9.17, 15) is 18.0 Å². The van der Waals surface area contributed by atoms with Crippen LogP contribution in [0.3, 0.4) is 0 Å². The molecule has 1 heterocycles. The molecule has 0 saturated carbocycles. The summed E-state index contributed by atoms with van der Waals surface area (Å²) in [6, 6.07) is 11.8. The average molecular weight is 591 g/mol. The molecule has 10 nitrogen and oxygen atoms in total. The van der Waals surface area contributed by atoms with Gasteiger partial charge in [-0.25, -0.2) is 13.2 Å². The van der Waals surface area contributed by atoms with Crippen LogP contribution in [0.25, 0.3) is 0 Å². The van der Waals surface area contributed by atoms with E-state index in [0.717, 1.165) is 15.4 Å². The van der Waals surface area contributed by atoms with Crippen LogP contribution in [0.15, 0.2) is 64.5 Å². The van der Waals surface area contributed by atoms with Crippen molar-refractivity contribution in [3.05, 3.63) is 70.8 Å². The topological polar surface area (TPSA) is 109 Å². The highest BCUT2D eigenvalue weighted by Gasteiger charge is 2.29. The van der Waals surface area contributed by atoms with E-state index >= 15 is 0 Å². The third kappa shape index (κ3) is 7.83. The molecule has 40 heavy (non-hydrogen) atoms. The van der Waals surface area contributed by atoms with Crippen molar-refractivity contribution in [3.63, 3.8) is 0 Å². The number of halogens is 1. The molecule has 0 bridgehead atoms. The number of rotatable bonds is 9. The number of amides is 2. The number of methoxy groups -OCH3 is 1. The third-order valence-electron chi connectivity index (χ3n) is 5.91. The van der Waals surface area contributed by atoms with E-state index < -0.39 is 21.7 Å². The van der Waals surface area contributed by atoms with Crippen LogP contribution in [-0.4, -0.2) is 86.8 Å². The Labute approximate surface area is 240 Å². The van der Waals surface area contributed by atoms with E-state index in [4.69, 9.17) is 21.1 Å². The van der Waals surface area contributed by atoms with E-state index in [-0.39, 0.29) is 22.4 Å². The van der Waals surface area contributed by atoms with Gasteiger partial charge in [0, 0.05) is 44.9 Å². The van der Waals surface area contributed by atoms with E-state index in [2.05, 4.69) is 4.99 Å². The van der Waals surface area contributed by atoms with E-state index in [1.807, 2.05) is 45.0 Å². The highest BCUT2D eigenvalue weighted by atomic mass is 35.5. The van der Waals surface area contributed by atoms with Gasteiger partial charge in [0.1, 0.15) is 22.1 Å². The van der Waals surface area contributed by atoms with Gasteiger partial charge in [-0.15, -0.1) is 0 Å². The van der Waals surface area contributed by atoms with Gasteiger partial charge in [-0.2, -0.15) is 4.31 Å². The summed E-state index contributed by atoms with van der Waals surface area (Å²) in [7, 11) is 0.669. The van der Waals surface area contributed by atoms with Gasteiger partial charge < -0.3 is 14.4 Å². The molecule has 1 aliphatic rings. The summed E-state index contributed by atoms with van der Waals surface area (Å²) in [6.07, 6.45) is 2.39. The maximum absolute atomic E-state index is 12.9. The minimum atomic E-state index is -3.86. The number of carbonyl (C=O) groups excluding carboxylic acids is 2. The lowest BCUT2D eigenvalue weighted by atomic mass is 10.1. The highest BCUT2D eigenvalue weighted by molar-refractivity contribution is 7.89. The van der Waals surface area contributed by atoms with Crippen molar-refractivity contribution in [2.24, 2.45) is 4.99 Å². The number of benzene rings is 2. The zero-order chi connectivity index (χ0) is 29.7. The Kier molecular flexibility index (Phi) is 9.99. The van der Waals surface area contributed by atoms with Crippen LogP contribution in [0.4, 0.5) is 4.79 Å². The van der Waals surface area contributed by atoms with Crippen LogP contribution in [0.5, 0.6) is 5.75 Å². The number of amidine groups is 1. The molecule has 0 atom stereocenters. The molecule has 0 aliphatic carbocycles. The number of carbonyl (C=O) groups is 2. The maximum atomic E-state index is 12.9. The van der Waals surface area contributed by atoms with Crippen LogP contribution in [0.1, 0.15) is 31.9 Å². The molecular weight excluding hydrogens is 556 g/mol. The number of ether oxygens (including phenoxy) is 2. The molecule has 0 fully saturated rings. The third-order valence-corrected chi connectivity index (χ3v) is 8.22. The summed E-state index contributed by atoms with van der Waals surface area (Å²) in [5.41, 5.74) is 1.06. The molecule has 1 aliphatic heterocycles. The summed E-state index contributed by atoms with van der Waals surface area (Å²) in [5, 5.41) is 0.0505. The van der Waals surface area contributed by atoms with Gasteiger partial charge in [-0.3, -0.25) is 14.7 Å². The Morgan fingerprint density at radius 1 is 1.12 bits per heavy atom. The molecular formula is C28H35ClN4O6S. The Morgan fingerprint density at radius 3 is 2.40 bits per heavy atom. The fraction of sp³-hybridized carbons (Fsp3) is 0.393. The molecule has 216 valence electrons. The predicted octanol–water partition coefficient (Wildman–Crippen LogP) is 4.18. The molecule has 0 aromatic heterocycles. The second kappa shape index (κ2) is 12.8. The molecule has 0 N–H and O–H groups in total. The first-order valence-electron chi connectivity index (χ1n) is 12.6. The molecule has 0 unspecified atom stereocenters. The Balaban J connectivity index is 1.57. The summed E-state index contributed by atoms with van der Waals surface area (Å²) in [5.74, 6) is 0.724. The van der Waals surface area contributed by atoms with Gasteiger partial charge in [0.15, 0.2) is 0 Å². The van der Waals surface area contributed by atoms with Crippen molar-refractivity contribution in [2.75, 3.05) is 40.8 Å². The van der Waals surface area contributed by atoms with Crippen LogP contribution in [0, 0.1) is 0 Å². The Hall–Kier alpha value is -3.41. The van der Waals surface area contributed by atoms with Crippen molar-refractivity contribution in [3.8, 4) is 5.75 Å². The van der Waals surface area contributed by atoms with Gasteiger partial charge in [-0.05, 0) is 38.5 Å². The van der Waals surface area contributed by atoms with Gasteiger partial charge in [0.05, 0.1) is 25.2 Å². The number of sulfonamides is 1. The van der Waals surface area contributed by atoms with Crippen LogP contribution >= 0.6 is 11.6 Å². The molecule has 2 aromatic carbocycles. The summed E-state index contributed by atoms with van der Waals surface area (Å²) >= 11 is 6.14. The lowest BCUT2D eigenvalue weighted by molar-refractivity contribution is -0.125. The monoisotopic (exact) mass is 590 g/mol. The molecule has 0 saturated heterocycles. The Bertz CT molecular complexity index is 1400. The van der Waals surface area contributed by atoms with Crippen molar-refractivity contribution >= 4 is 39.5 Å². The number of aliphatic imine (C=N–C) groups is 1. The molecule has 0 radical (unpaired) electrons. The number of hydrogen-bond acceptors (Lipinski definition) is 7. The van der Waals surface area contributed by atoms with Crippen molar-refractivity contribution in [1.29, 1.82) is 0 Å². The smallest absolute Gasteiger partial charge is 0.416 e. The van der Waals surface area contributed by atoms with Crippen molar-refractivity contribution in [2.45, 2.75) is 37.8 Å². The SMILES string of the molecule is COc1ccc(S(=O)(=O)N(C)CC=CC(=O)N(C)Cc2ccc(C3=NCCN3C(=O)OC(C)(C)C)cc2)c(Cl)c1. The van der Waals surface area contributed by atoms with E-state index in [0.29, 0.717) is 31.2 Å². The van der Waals surface area contributed by atoms with E-state index in [1.165, 1.54) is 54.3 Å². The fourth-order valence-electron chi connectivity index (χ4n) is 3.81. The second-order valence-corrected chi connectivity index (χ2v) is 12.6. The number of nitrogens with zero attached hydrogens (tertiary/aromatic N) is 4. The normalized spacial score (nSPS) is 14.0. The molecule has 2 amide bonds. The second-order valence-electron chi connectivity index (χ2n) is 10.2. The fourth-order valence-corrected chi connectivity index (χ4v) is 5.44. The van der Waals surface area contributed by atoms with Gasteiger partial charge in [-0.1, -0.05) is 41.9 Å². The first-order valence-corrected chi connectivity index (χ1v) is 14.4. The highest BCUT2D eigenvalue weighted by Crippen LogP contribution is 2.28. The van der Waals surface area contributed by atoms with Crippen LogP contribution < -0.4 is 4.74 Å². The Morgan fingerprint density at radius 2 is 1.80 bits per heavy atom.